The molecule has 0 radical (unpaired) electrons. The summed E-state index contributed by atoms with van der Waals surface area (Å²) in [5.41, 5.74) is 0.914. The van der Waals surface area contributed by atoms with Crippen molar-refractivity contribution in [3.63, 3.8) is 0 Å². The van der Waals surface area contributed by atoms with Gasteiger partial charge in [-0.1, -0.05) is 42.4 Å². The van der Waals surface area contributed by atoms with Gasteiger partial charge in [0.05, 0.1) is 0 Å². The predicted octanol–water partition coefficient (Wildman–Crippen LogP) is 2.99. The first-order chi connectivity index (χ1) is 10.8. The standard InChI is InChI=1S/C16H20N4O2/c1-2-10-17-16(21)20-11-6-9-13(20)15-18-14(19-22-15)12-7-4-3-5-8-12/h3-5,7-8,13H,2,6,9-11H2,1H3,(H,17,21)/t13-/m1/s1. The molecule has 22 heavy (non-hydrogen) atoms. The Balaban J connectivity index is 1.76. The van der Waals surface area contributed by atoms with E-state index in [4.69, 9.17) is 4.52 Å². The van der Waals surface area contributed by atoms with E-state index in [1.165, 1.54) is 0 Å². The number of amides is 2. The van der Waals surface area contributed by atoms with Crippen molar-refractivity contribution in [1.29, 1.82) is 0 Å². The minimum Gasteiger partial charge on any atom is -0.338 e. The van der Waals surface area contributed by atoms with Gasteiger partial charge in [-0.05, 0) is 19.3 Å². The van der Waals surface area contributed by atoms with Gasteiger partial charge in [0.2, 0.25) is 11.7 Å². The number of nitrogens with zero attached hydrogens (tertiary/aromatic N) is 3. The first-order valence-corrected chi connectivity index (χ1v) is 7.73. The summed E-state index contributed by atoms with van der Waals surface area (Å²) >= 11 is 0. The van der Waals surface area contributed by atoms with Crippen LogP contribution in [-0.2, 0) is 0 Å². The van der Waals surface area contributed by atoms with E-state index in [0.717, 1.165) is 31.4 Å². The van der Waals surface area contributed by atoms with Gasteiger partial charge in [-0.3, -0.25) is 0 Å². The van der Waals surface area contributed by atoms with Gasteiger partial charge in [0, 0.05) is 18.7 Å². The average Bonchev–Trinajstić information content (AvgIpc) is 3.22. The molecule has 116 valence electrons. The largest absolute Gasteiger partial charge is 0.338 e. The van der Waals surface area contributed by atoms with Crippen LogP contribution in [-0.4, -0.2) is 34.2 Å². The summed E-state index contributed by atoms with van der Waals surface area (Å²) in [6.45, 7) is 3.44. The third-order valence-electron chi connectivity index (χ3n) is 3.80. The summed E-state index contributed by atoms with van der Waals surface area (Å²) in [6, 6.07) is 9.52. The molecule has 0 aliphatic carbocycles. The van der Waals surface area contributed by atoms with E-state index in [0.29, 0.717) is 18.3 Å². The van der Waals surface area contributed by atoms with E-state index in [9.17, 15) is 4.79 Å². The lowest BCUT2D eigenvalue weighted by atomic mass is 10.2. The van der Waals surface area contributed by atoms with Crippen molar-refractivity contribution in [2.24, 2.45) is 0 Å². The number of hydrogen-bond donors (Lipinski definition) is 1. The third-order valence-corrected chi connectivity index (χ3v) is 3.80. The number of nitrogens with one attached hydrogen (secondary N) is 1. The van der Waals surface area contributed by atoms with Crippen molar-refractivity contribution < 1.29 is 9.32 Å². The van der Waals surface area contributed by atoms with Crippen LogP contribution in [0.1, 0.15) is 38.1 Å². The maximum atomic E-state index is 12.2. The Hall–Kier alpha value is -2.37. The second-order valence-electron chi connectivity index (χ2n) is 5.41. The van der Waals surface area contributed by atoms with Crippen LogP contribution in [0.4, 0.5) is 4.79 Å². The first kappa shape index (κ1) is 14.6. The van der Waals surface area contributed by atoms with Crippen LogP contribution < -0.4 is 5.32 Å². The van der Waals surface area contributed by atoms with Crippen molar-refractivity contribution in [2.45, 2.75) is 32.2 Å². The minimum atomic E-state index is -0.123. The molecule has 0 unspecified atom stereocenters. The van der Waals surface area contributed by atoms with E-state index < -0.39 is 0 Å². The second-order valence-corrected chi connectivity index (χ2v) is 5.41. The molecule has 0 bridgehead atoms. The molecule has 6 nitrogen and oxygen atoms in total. The number of carbonyl (C=O) groups is 1. The molecule has 1 aromatic carbocycles. The topological polar surface area (TPSA) is 71.3 Å². The van der Waals surface area contributed by atoms with Crippen LogP contribution >= 0.6 is 0 Å². The van der Waals surface area contributed by atoms with Gasteiger partial charge in [-0.2, -0.15) is 4.98 Å². The summed E-state index contributed by atoms with van der Waals surface area (Å²) in [6.07, 6.45) is 2.73. The molecule has 3 rings (SSSR count). The average molecular weight is 300 g/mol. The molecule has 1 aromatic heterocycles. The van der Waals surface area contributed by atoms with Gasteiger partial charge in [0.25, 0.3) is 0 Å². The highest BCUT2D eigenvalue weighted by molar-refractivity contribution is 5.74. The molecule has 2 aromatic rings. The summed E-state index contributed by atoms with van der Waals surface area (Å²) < 4.78 is 5.41. The molecule has 1 fully saturated rings. The molecule has 1 aliphatic heterocycles. The molecule has 2 heterocycles. The van der Waals surface area contributed by atoms with Crippen LogP contribution in [0.5, 0.6) is 0 Å². The summed E-state index contributed by atoms with van der Waals surface area (Å²) in [5, 5.41) is 6.95. The number of aromatic nitrogens is 2. The highest BCUT2D eigenvalue weighted by Gasteiger charge is 2.33. The molecular weight excluding hydrogens is 280 g/mol. The lowest BCUT2D eigenvalue weighted by Crippen LogP contribution is -2.39. The Bertz CT molecular complexity index is 626. The van der Waals surface area contributed by atoms with E-state index in [1.54, 1.807) is 4.90 Å². The normalized spacial score (nSPS) is 17.7. The fraction of sp³-hybridized carbons (Fsp3) is 0.438. The smallest absolute Gasteiger partial charge is 0.318 e. The molecule has 2 amide bonds. The first-order valence-electron chi connectivity index (χ1n) is 7.73. The van der Waals surface area contributed by atoms with Gasteiger partial charge in [-0.25, -0.2) is 4.79 Å². The van der Waals surface area contributed by atoms with E-state index in [1.807, 2.05) is 37.3 Å². The van der Waals surface area contributed by atoms with Gasteiger partial charge in [-0.15, -0.1) is 0 Å². The van der Waals surface area contributed by atoms with Gasteiger partial charge < -0.3 is 14.7 Å². The van der Waals surface area contributed by atoms with E-state index >= 15 is 0 Å². The molecule has 0 saturated carbocycles. The summed E-state index contributed by atoms with van der Waals surface area (Å²) in [7, 11) is 0. The Morgan fingerprint density at radius 1 is 1.41 bits per heavy atom. The van der Waals surface area contributed by atoms with Crippen LogP contribution in [0, 0.1) is 0 Å². The zero-order valence-electron chi connectivity index (χ0n) is 12.7. The van der Waals surface area contributed by atoms with Crippen LogP contribution in [0.15, 0.2) is 34.9 Å². The van der Waals surface area contributed by atoms with E-state index in [2.05, 4.69) is 15.5 Å². The Morgan fingerprint density at radius 2 is 2.23 bits per heavy atom. The lowest BCUT2D eigenvalue weighted by Gasteiger charge is -2.22. The third kappa shape index (κ3) is 2.95. The number of benzene rings is 1. The van der Waals surface area contributed by atoms with Crippen LogP contribution in [0.25, 0.3) is 11.4 Å². The number of carbonyl (C=O) groups excluding carboxylic acids is 1. The molecule has 1 atom stereocenters. The maximum Gasteiger partial charge on any atom is 0.318 e. The Morgan fingerprint density at radius 3 is 3.00 bits per heavy atom. The number of likely N-dealkylation sites (tertiary alicyclic amines) is 1. The van der Waals surface area contributed by atoms with Crippen molar-refractivity contribution in [1.82, 2.24) is 20.4 Å². The van der Waals surface area contributed by atoms with Crippen molar-refractivity contribution >= 4 is 6.03 Å². The van der Waals surface area contributed by atoms with Gasteiger partial charge in [0.1, 0.15) is 6.04 Å². The summed E-state index contributed by atoms with van der Waals surface area (Å²) in [5.74, 6) is 1.08. The van der Waals surface area contributed by atoms with Crippen molar-refractivity contribution in [3.05, 3.63) is 36.2 Å². The predicted molar refractivity (Wildman–Crippen MR) is 82.1 cm³/mol. The molecule has 0 spiro atoms. The Kier molecular flexibility index (Phi) is 4.37. The van der Waals surface area contributed by atoms with Crippen LogP contribution in [0.2, 0.25) is 0 Å². The monoisotopic (exact) mass is 300 g/mol. The molecular formula is C16H20N4O2. The maximum absolute atomic E-state index is 12.2. The zero-order valence-corrected chi connectivity index (χ0v) is 12.7. The number of hydrogen-bond acceptors (Lipinski definition) is 4. The molecule has 1 saturated heterocycles. The fourth-order valence-electron chi connectivity index (χ4n) is 2.68. The van der Waals surface area contributed by atoms with Crippen molar-refractivity contribution in [2.75, 3.05) is 13.1 Å². The van der Waals surface area contributed by atoms with E-state index in [-0.39, 0.29) is 12.1 Å². The van der Waals surface area contributed by atoms with Gasteiger partial charge >= 0.3 is 6.03 Å². The van der Waals surface area contributed by atoms with Gasteiger partial charge in [0.15, 0.2) is 0 Å². The SMILES string of the molecule is CCCNC(=O)N1CCC[C@@H]1c1nc(-c2ccccc2)no1. The zero-order chi connectivity index (χ0) is 15.4. The minimum absolute atomic E-state index is 0.0520. The van der Waals surface area contributed by atoms with Crippen molar-refractivity contribution in [3.8, 4) is 11.4 Å². The molecule has 1 N–H and O–H groups in total. The highest BCUT2D eigenvalue weighted by Crippen LogP contribution is 2.31. The van der Waals surface area contributed by atoms with Crippen LogP contribution in [0.3, 0.4) is 0 Å². The molecule has 1 aliphatic rings. The quantitative estimate of drug-likeness (QED) is 0.942. The molecule has 6 heteroatoms. The highest BCUT2D eigenvalue weighted by atomic mass is 16.5. The fourth-order valence-corrected chi connectivity index (χ4v) is 2.68. The second kappa shape index (κ2) is 6.60. The lowest BCUT2D eigenvalue weighted by molar-refractivity contribution is 0.180. The number of urea groups is 1. The number of rotatable bonds is 4. The summed E-state index contributed by atoms with van der Waals surface area (Å²) in [4.78, 5) is 18.5. The Labute approximate surface area is 129 Å².